The fraction of sp³-hybridized carbons (Fsp3) is 1.00. The number of rotatable bonds is 2. The minimum absolute atomic E-state index is 3.91. The number of aliphatic hydroxyl groups is 2. The van der Waals surface area contributed by atoms with Crippen LogP contribution in [0.3, 0.4) is 0 Å². The van der Waals surface area contributed by atoms with E-state index in [1.54, 1.807) is 0 Å². The van der Waals surface area contributed by atoms with Gasteiger partial charge >= 0.3 is 16.6 Å². The Kier molecular flexibility index (Phi) is 2.67. The van der Waals surface area contributed by atoms with Crippen LogP contribution >= 0.6 is 23.2 Å². The lowest BCUT2D eigenvalue weighted by Gasteiger charge is -2.28. The summed E-state index contributed by atoms with van der Waals surface area (Å²) in [5, 5.41) is 6.12. The molecule has 0 rings (SSSR count). The monoisotopic (exact) mass is 216 g/mol. The Bertz CT molecular complexity index is 132. The van der Waals surface area contributed by atoms with E-state index in [1.807, 2.05) is 0 Å². The molecule has 68 valence electrons. The largest absolute Gasteiger partial charge is 0.382 e. The van der Waals surface area contributed by atoms with Gasteiger partial charge in [-0.3, -0.25) is 0 Å². The van der Waals surface area contributed by atoms with Gasteiger partial charge in [-0.05, 0) is 23.2 Å². The third-order valence-electron chi connectivity index (χ3n) is 0.791. The second-order valence-corrected chi connectivity index (χ2v) is 2.62. The van der Waals surface area contributed by atoms with Crippen molar-refractivity contribution in [2.45, 2.75) is 16.6 Å². The second-order valence-electron chi connectivity index (χ2n) is 1.67. The summed E-state index contributed by atoms with van der Waals surface area (Å²) in [6.45, 7) is 0. The number of alkyl halides is 6. The molecule has 0 saturated carbocycles. The number of hydrogen-bond acceptors (Lipinski definition) is 2. The first-order valence-corrected chi connectivity index (χ1v) is 2.84. The smallest absolute Gasteiger partial charge is 0.354 e. The minimum Gasteiger partial charge on any atom is -0.354 e. The molecule has 0 amide bonds. The normalized spacial score (nSPS) is 15.3. The van der Waals surface area contributed by atoms with Crippen LogP contribution in [0, 0.1) is 0 Å². The molecule has 0 aromatic rings. The van der Waals surface area contributed by atoms with Crippen molar-refractivity contribution < 1.29 is 27.8 Å². The van der Waals surface area contributed by atoms with Crippen LogP contribution in [0.25, 0.3) is 0 Å². The third kappa shape index (κ3) is 2.08. The molecule has 2 nitrogen and oxygen atoms in total. The van der Waals surface area contributed by atoms with Gasteiger partial charge in [0.05, 0.1) is 0 Å². The summed E-state index contributed by atoms with van der Waals surface area (Å²) in [5.41, 5.74) is 0. The molecule has 0 radical (unpaired) electrons. The Morgan fingerprint density at radius 2 is 1.00 bits per heavy atom. The van der Waals surface area contributed by atoms with E-state index in [2.05, 4.69) is 23.2 Å². The Morgan fingerprint density at radius 1 is 0.818 bits per heavy atom. The van der Waals surface area contributed by atoms with Crippen molar-refractivity contribution >= 4 is 23.2 Å². The first-order chi connectivity index (χ1) is 4.50. The van der Waals surface area contributed by atoms with E-state index in [4.69, 9.17) is 10.2 Å². The minimum atomic E-state index is -4.92. The molecule has 0 aliphatic rings. The van der Waals surface area contributed by atoms with Gasteiger partial charge in [-0.15, -0.1) is 0 Å². The van der Waals surface area contributed by atoms with Crippen LogP contribution in [-0.4, -0.2) is 26.8 Å². The van der Waals surface area contributed by atoms with Crippen LogP contribution in [0.15, 0.2) is 0 Å². The predicted molar refractivity (Wildman–Crippen MR) is 28.8 cm³/mol. The molecule has 0 bridgehead atoms. The summed E-state index contributed by atoms with van der Waals surface area (Å²) < 4.78 is 46.8. The first-order valence-electron chi connectivity index (χ1n) is 2.08. The van der Waals surface area contributed by atoms with Crippen LogP contribution in [0.5, 0.6) is 0 Å². The van der Waals surface area contributed by atoms with Crippen LogP contribution in [0.2, 0.25) is 0 Å². The molecule has 0 atom stereocenters. The van der Waals surface area contributed by atoms with Crippen LogP contribution in [0.1, 0.15) is 0 Å². The fourth-order valence-electron chi connectivity index (χ4n) is 0.161. The fourth-order valence-corrected chi connectivity index (χ4v) is 0.446. The lowest BCUT2D eigenvalue weighted by molar-refractivity contribution is -0.329. The van der Waals surface area contributed by atoms with Gasteiger partial charge in [0.25, 0.3) is 0 Å². The SMILES string of the molecule is OC(O)(C(F)(F)Cl)C(F)(F)Cl. The van der Waals surface area contributed by atoms with Gasteiger partial charge in [0.2, 0.25) is 0 Å². The Balaban J connectivity index is 4.75. The summed E-state index contributed by atoms with van der Waals surface area (Å²) >= 11 is 7.82. The van der Waals surface area contributed by atoms with Crippen molar-refractivity contribution in [1.82, 2.24) is 0 Å². The van der Waals surface area contributed by atoms with Crippen LogP contribution in [-0.2, 0) is 0 Å². The highest BCUT2D eigenvalue weighted by atomic mass is 35.5. The maximum Gasteiger partial charge on any atom is 0.382 e. The molecule has 0 unspecified atom stereocenters. The molecule has 8 heteroatoms. The van der Waals surface area contributed by atoms with E-state index in [9.17, 15) is 17.6 Å². The highest BCUT2D eigenvalue weighted by molar-refractivity contribution is 6.26. The molecule has 0 aromatic carbocycles. The maximum atomic E-state index is 11.7. The van der Waals surface area contributed by atoms with E-state index in [1.165, 1.54) is 0 Å². The third-order valence-corrected chi connectivity index (χ3v) is 1.32. The molecule has 0 aliphatic carbocycles. The molecule has 0 heterocycles. The Morgan fingerprint density at radius 3 is 1.00 bits per heavy atom. The van der Waals surface area contributed by atoms with Gasteiger partial charge in [-0.2, -0.15) is 17.6 Å². The highest BCUT2D eigenvalue weighted by Gasteiger charge is 2.66. The van der Waals surface area contributed by atoms with Crippen molar-refractivity contribution in [2.24, 2.45) is 0 Å². The zero-order chi connectivity index (χ0) is 9.50. The summed E-state index contributed by atoms with van der Waals surface area (Å²) in [7, 11) is 0. The lowest BCUT2D eigenvalue weighted by Crippen LogP contribution is -2.55. The quantitative estimate of drug-likeness (QED) is 0.416. The van der Waals surface area contributed by atoms with Gasteiger partial charge < -0.3 is 10.2 Å². The van der Waals surface area contributed by atoms with Gasteiger partial charge in [-0.25, -0.2) is 0 Å². The van der Waals surface area contributed by atoms with Crippen LogP contribution < -0.4 is 0 Å². The molecular weight excluding hydrogens is 215 g/mol. The average molecular weight is 217 g/mol. The molecule has 0 saturated heterocycles. The first kappa shape index (κ1) is 11.2. The van der Waals surface area contributed by atoms with Crippen molar-refractivity contribution in [3.8, 4) is 0 Å². The Labute approximate surface area is 68.3 Å². The van der Waals surface area contributed by atoms with Gasteiger partial charge in [0.15, 0.2) is 0 Å². The number of hydrogen-bond donors (Lipinski definition) is 2. The van der Waals surface area contributed by atoms with Crippen molar-refractivity contribution in [2.75, 3.05) is 0 Å². The summed E-state index contributed by atoms with van der Waals surface area (Å²) in [6.07, 6.45) is 0. The van der Waals surface area contributed by atoms with Gasteiger partial charge in [-0.1, -0.05) is 0 Å². The van der Waals surface area contributed by atoms with Crippen molar-refractivity contribution in [3.05, 3.63) is 0 Å². The van der Waals surface area contributed by atoms with E-state index < -0.39 is 16.6 Å². The molecular formula is C3H2Cl2F4O2. The molecule has 0 spiro atoms. The van der Waals surface area contributed by atoms with Crippen LogP contribution in [0.4, 0.5) is 17.6 Å². The standard InChI is InChI=1S/C3H2Cl2F4O2/c4-2(6,7)1(10,11)3(5,8)9/h10-11H. The average Bonchev–Trinajstić information content (AvgIpc) is 1.58. The van der Waals surface area contributed by atoms with E-state index in [-0.39, 0.29) is 0 Å². The highest BCUT2D eigenvalue weighted by Crippen LogP contribution is 2.43. The molecule has 0 aromatic heterocycles. The summed E-state index contributed by atoms with van der Waals surface area (Å²) in [4.78, 5) is 0. The number of halogens is 6. The summed E-state index contributed by atoms with van der Waals surface area (Å²) in [5.74, 6) is -4.76. The zero-order valence-corrected chi connectivity index (χ0v) is 6.17. The summed E-state index contributed by atoms with van der Waals surface area (Å²) in [6, 6.07) is 0. The predicted octanol–water partition coefficient (Wildman–Crippen LogP) is 1.33. The van der Waals surface area contributed by atoms with Crippen molar-refractivity contribution in [3.63, 3.8) is 0 Å². The molecule has 0 fully saturated rings. The molecule has 0 aliphatic heterocycles. The van der Waals surface area contributed by atoms with Gasteiger partial charge in [0, 0.05) is 0 Å². The van der Waals surface area contributed by atoms with Gasteiger partial charge in [0.1, 0.15) is 0 Å². The second kappa shape index (κ2) is 2.62. The van der Waals surface area contributed by atoms with E-state index >= 15 is 0 Å². The zero-order valence-electron chi connectivity index (χ0n) is 4.66. The Hall–Kier alpha value is 0.220. The topological polar surface area (TPSA) is 40.5 Å². The lowest BCUT2D eigenvalue weighted by atomic mass is 10.3. The van der Waals surface area contributed by atoms with Crippen molar-refractivity contribution in [1.29, 1.82) is 0 Å². The van der Waals surface area contributed by atoms with E-state index in [0.29, 0.717) is 0 Å². The maximum absolute atomic E-state index is 11.7. The molecule has 2 N–H and O–H groups in total. The molecule has 11 heavy (non-hydrogen) atoms. The van der Waals surface area contributed by atoms with E-state index in [0.717, 1.165) is 0 Å².